The number of nitrogens with zero attached hydrogens (tertiary/aromatic N) is 2. The fraction of sp³-hybridized carbons (Fsp3) is 0.298. The molecule has 2 heterocycles. The maximum absolute atomic E-state index is 11.5. The first-order valence-corrected chi connectivity index (χ1v) is 25.3. The normalized spacial score (nSPS) is 15.8. The van der Waals surface area contributed by atoms with Crippen LogP contribution in [0.4, 0.5) is 11.4 Å². The van der Waals surface area contributed by atoms with Crippen molar-refractivity contribution in [3.05, 3.63) is 144 Å². The van der Waals surface area contributed by atoms with Gasteiger partial charge in [-0.25, -0.2) is 16.8 Å². The van der Waals surface area contributed by atoms with Crippen molar-refractivity contribution in [2.75, 3.05) is 29.5 Å². The molecule has 21 heteroatoms. The summed E-state index contributed by atoms with van der Waals surface area (Å²) in [5, 5.41) is 27.5. The number of allylic oxidation sites excluding steroid dienone is 8. The van der Waals surface area contributed by atoms with E-state index in [1.165, 1.54) is 17.7 Å². The summed E-state index contributed by atoms with van der Waals surface area (Å²) in [5.74, 6) is 0.161. The molecule has 0 aromatic heterocycles. The molecule has 6 rings (SSSR count). The predicted molar refractivity (Wildman–Crippen MR) is 246 cm³/mol. The zero-order valence-corrected chi connectivity index (χ0v) is 51.8. The summed E-state index contributed by atoms with van der Waals surface area (Å²) in [5.41, 5.74) is 9.09. The van der Waals surface area contributed by atoms with Gasteiger partial charge in [-0.3, -0.25) is 10.1 Å². The summed E-state index contributed by atoms with van der Waals surface area (Å²) >= 11 is 1.82. The van der Waals surface area contributed by atoms with Crippen LogP contribution in [0.5, 0.6) is 0 Å². The SMILES string of the molecule is CC1(C)C(/C=C/C=C/C=C/C=C2/N(CCCCS(=O)(=O)[O-])c3ccc(-c4ccc(S(=O)(=O)[O-])cc4)cc3C2(C)C)=[N+](CCCCSOO[O-])c2ccc(-c3ccc(SOO[O-])cc3)cc21.[K+].[K+].[K+]. The Bertz CT molecular complexity index is 2710. The molecule has 0 atom stereocenters. The van der Waals surface area contributed by atoms with E-state index in [0.717, 1.165) is 99.0 Å². The second-order valence-corrected chi connectivity index (χ2v) is 20.9. The van der Waals surface area contributed by atoms with Crippen LogP contribution in [0.2, 0.25) is 0 Å². The minimum absolute atomic E-state index is 0. The van der Waals surface area contributed by atoms with Crippen LogP contribution in [0.15, 0.2) is 143 Å². The maximum atomic E-state index is 11.5. The van der Waals surface area contributed by atoms with Crippen LogP contribution in [0.25, 0.3) is 22.3 Å². The summed E-state index contributed by atoms with van der Waals surface area (Å²) in [7, 11) is -8.93. The molecule has 0 saturated heterocycles. The van der Waals surface area contributed by atoms with Crippen molar-refractivity contribution in [1.82, 2.24) is 0 Å². The van der Waals surface area contributed by atoms with Gasteiger partial charge in [-0.05, 0) is 116 Å². The summed E-state index contributed by atoms with van der Waals surface area (Å²) < 4.78 is 79.9. The first kappa shape index (κ1) is 62.8. The molecule has 4 aromatic rings. The van der Waals surface area contributed by atoms with Crippen LogP contribution in [-0.2, 0) is 49.8 Å². The molecular formula is C47H49K3N2O12S4. The maximum Gasteiger partial charge on any atom is 1.00 e. The molecule has 0 unspecified atom stereocenters. The van der Waals surface area contributed by atoms with E-state index in [2.05, 4.69) is 80.2 Å². The first-order chi connectivity index (χ1) is 31.0. The molecule has 2 aliphatic rings. The molecule has 0 saturated carbocycles. The zero-order valence-electron chi connectivity index (χ0n) is 39.2. The molecule has 0 bridgehead atoms. The van der Waals surface area contributed by atoms with Crippen molar-refractivity contribution in [3.8, 4) is 22.3 Å². The zero-order chi connectivity index (χ0) is 46.8. The quantitative estimate of drug-likeness (QED) is 0.0134. The molecule has 0 fully saturated rings. The van der Waals surface area contributed by atoms with E-state index in [9.17, 15) is 36.5 Å². The number of rotatable bonds is 22. The van der Waals surface area contributed by atoms with Gasteiger partial charge in [0, 0.05) is 75.9 Å². The third-order valence-electron chi connectivity index (χ3n) is 11.5. The van der Waals surface area contributed by atoms with Gasteiger partial charge in [0.25, 0.3) is 0 Å². The van der Waals surface area contributed by atoms with E-state index in [1.807, 2.05) is 78.9 Å². The van der Waals surface area contributed by atoms with Crippen LogP contribution in [0, 0.1) is 0 Å². The topological polar surface area (TPSA) is 204 Å². The van der Waals surface area contributed by atoms with E-state index in [-0.39, 0.29) is 171 Å². The predicted octanol–water partition coefficient (Wildman–Crippen LogP) is -1.13. The van der Waals surface area contributed by atoms with Crippen molar-refractivity contribution in [2.24, 2.45) is 0 Å². The second kappa shape index (κ2) is 29.0. The fourth-order valence-electron chi connectivity index (χ4n) is 8.28. The molecule has 4 aromatic carbocycles. The van der Waals surface area contributed by atoms with E-state index in [0.29, 0.717) is 18.7 Å². The Hall–Kier alpha value is 0.499. The smallest absolute Gasteiger partial charge is 0.748 e. The molecular weight excluding hydrogens is 1030 g/mol. The molecule has 2 aliphatic heterocycles. The van der Waals surface area contributed by atoms with Gasteiger partial charge in [0.15, 0.2) is 5.71 Å². The molecule has 0 N–H and O–H groups in total. The first-order valence-electron chi connectivity index (χ1n) is 20.7. The summed E-state index contributed by atoms with van der Waals surface area (Å²) in [4.78, 5) is 2.57. The largest absolute Gasteiger partial charge is 1.00 e. The van der Waals surface area contributed by atoms with E-state index in [4.69, 9.17) is 0 Å². The standard InChI is InChI=1S/C47H52N2O12S4.3K/c1-46(2)40-32-36(34-16-22-38(23-17-34)63-61-59-51)20-26-42(40)48(28-10-12-30-62-60-58-50)44(46)14-8-6-5-7-9-15-45-47(3,4)41-33-37(35-18-24-39(25-19-35)65(55,56)57)21-27-43(41)49(45)29-11-13-31-64(52,53)54;;;/h5-9,14-27,32-33H,10-13,28-31H2,1-4H3,(H3-,50,51,52,53,54,55,56,57);;;/q;3*+1/p-3. The van der Waals surface area contributed by atoms with Crippen LogP contribution in [0.1, 0.15) is 64.5 Å². The van der Waals surface area contributed by atoms with Crippen LogP contribution in [0.3, 0.4) is 0 Å². The average Bonchev–Trinajstić information content (AvgIpc) is 3.61. The molecule has 14 nitrogen and oxygen atoms in total. The summed E-state index contributed by atoms with van der Waals surface area (Å²) in [6, 6.07) is 25.8. The molecule has 346 valence electrons. The number of benzene rings is 4. The van der Waals surface area contributed by atoms with Crippen molar-refractivity contribution in [1.29, 1.82) is 0 Å². The van der Waals surface area contributed by atoms with E-state index < -0.39 is 31.4 Å². The minimum Gasteiger partial charge on any atom is -0.748 e. The Labute approximate surface area is 536 Å². The molecule has 0 spiro atoms. The Morgan fingerprint density at radius 2 is 1.25 bits per heavy atom. The Morgan fingerprint density at radius 3 is 1.88 bits per heavy atom. The van der Waals surface area contributed by atoms with Crippen molar-refractivity contribution in [3.63, 3.8) is 0 Å². The Kier molecular flexibility index (Phi) is 26.8. The molecule has 0 radical (unpaired) electrons. The monoisotopic (exact) mass is 1080 g/mol. The minimum atomic E-state index is -4.59. The van der Waals surface area contributed by atoms with Crippen LogP contribution in [-0.4, -0.2) is 60.8 Å². The van der Waals surface area contributed by atoms with Gasteiger partial charge in [-0.2, -0.15) is 13.2 Å². The van der Waals surface area contributed by atoms with Crippen molar-refractivity contribution in [2.45, 2.75) is 74.0 Å². The van der Waals surface area contributed by atoms with Gasteiger partial charge in [0.05, 0.1) is 32.5 Å². The van der Waals surface area contributed by atoms with E-state index in [1.54, 1.807) is 12.1 Å². The molecule has 0 aliphatic carbocycles. The van der Waals surface area contributed by atoms with Gasteiger partial charge in [-0.15, -0.1) is 0 Å². The third-order valence-corrected chi connectivity index (χ3v) is 14.4. The molecule has 68 heavy (non-hydrogen) atoms. The van der Waals surface area contributed by atoms with Gasteiger partial charge in [0.2, 0.25) is 5.69 Å². The van der Waals surface area contributed by atoms with Gasteiger partial charge in [0.1, 0.15) is 16.7 Å². The number of hydrogen-bond acceptors (Lipinski definition) is 15. The Morgan fingerprint density at radius 1 is 0.662 bits per heavy atom. The fourth-order valence-corrected chi connectivity index (χ4v) is 10.1. The third kappa shape index (κ3) is 16.8. The number of unbranched alkanes of at least 4 members (excludes halogenated alkanes) is 2. The van der Waals surface area contributed by atoms with Crippen molar-refractivity contribution < 1.29 is 214 Å². The summed E-state index contributed by atoms with van der Waals surface area (Å²) in [6.07, 6.45) is 16.3. The number of fused-ring (bicyclic) bond motifs is 2. The van der Waals surface area contributed by atoms with Crippen LogP contribution >= 0.6 is 24.1 Å². The number of hydrogen-bond donors (Lipinski definition) is 0. The van der Waals surface area contributed by atoms with Crippen LogP contribution < -0.4 is 170 Å². The van der Waals surface area contributed by atoms with Gasteiger partial charge in [-0.1, -0.05) is 74.6 Å². The number of anilines is 1. The van der Waals surface area contributed by atoms with Gasteiger partial charge < -0.3 is 24.5 Å². The molecule has 0 amide bonds. The average molecular weight is 1080 g/mol. The Balaban J connectivity index is 0.00000408. The second-order valence-electron chi connectivity index (χ2n) is 16.4. The van der Waals surface area contributed by atoms with E-state index >= 15 is 0 Å². The van der Waals surface area contributed by atoms with Crippen molar-refractivity contribution >= 4 is 61.4 Å². The van der Waals surface area contributed by atoms with Gasteiger partial charge >= 0.3 is 154 Å². The summed E-state index contributed by atoms with van der Waals surface area (Å²) in [6.45, 7) is 9.82.